The van der Waals surface area contributed by atoms with Crippen molar-refractivity contribution in [2.75, 3.05) is 18.1 Å². The van der Waals surface area contributed by atoms with Crippen LogP contribution in [0.25, 0.3) is 0 Å². The molecule has 1 rings (SSSR count). The van der Waals surface area contributed by atoms with E-state index in [-0.39, 0.29) is 32.9 Å². The first kappa shape index (κ1) is 25.1. The van der Waals surface area contributed by atoms with Crippen LogP contribution in [0.1, 0.15) is 30.6 Å². The van der Waals surface area contributed by atoms with E-state index in [0.29, 0.717) is 12.2 Å². The molecule has 0 aliphatic carbocycles. The monoisotopic (exact) mass is 465 g/mol. The van der Waals surface area contributed by atoms with Crippen molar-refractivity contribution >= 4 is 58.6 Å². The van der Waals surface area contributed by atoms with Crippen LogP contribution in [0.3, 0.4) is 0 Å². The summed E-state index contributed by atoms with van der Waals surface area (Å²) in [4.78, 5) is 45.7. The van der Waals surface area contributed by atoms with Gasteiger partial charge in [0, 0.05) is 29.9 Å². The van der Waals surface area contributed by atoms with E-state index in [4.69, 9.17) is 38.2 Å². The van der Waals surface area contributed by atoms with Gasteiger partial charge in [-0.25, -0.2) is 9.59 Å². The Hall–Kier alpha value is -1.97. The number of Topliss-reactive ketones (excluding diaryl/α,β-unsaturated/α-hetero) is 1. The number of hydrogen-bond acceptors (Lipinski definition) is 6. The van der Waals surface area contributed by atoms with Crippen molar-refractivity contribution in [3.63, 3.8) is 0 Å². The number of carboxylic acids is 2. The van der Waals surface area contributed by atoms with E-state index in [1.54, 1.807) is 0 Å². The topological polar surface area (TPSA) is 130 Å². The van der Waals surface area contributed by atoms with Gasteiger partial charge in [-0.15, -0.1) is 0 Å². The highest BCUT2D eigenvalue weighted by Crippen LogP contribution is 2.36. The molecule has 2 unspecified atom stereocenters. The predicted molar refractivity (Wildman–Crippen MR) is 110 cm³/mol. The minimum atomic E-state index is -1.18. The normalized spacial score (nSPS) is 12.7. The van der Waals surface area contributed by atoms with Gasteiger partial charge in [-0.2, -0.15) is 11.8 Å². The van der Waals surface area contributed by atoms with Crippen molar-refractivity contribution in [1.29, 1.82) is 0 Å². The Bertz CT molecular complexity index is 788. The van der Waals surface area contributed by atoms with Crippen LogP contribution in [0, 0.1) is 5.92 Å². The lowest BCUT2D eigenvalue weighted by atomic mass is 9.97. The maximum atomic E-state index is 12.8. The summed E-state index contributed by atoms with van der Waals surface area (Å²) >= 11 is 13.5. The Balaban J connectivity index is 2.84. The van der Waals surface area contributed by atoms with E-state index in [1.807, 2.05) is 6.92 Å². The van der Waals surface area contributed by atoms with E-state index in [2.05, 4.69) is 5.32 Å². The Kier molecular flexibility index (Phi) is 10.3. The third kappa shape index (κ3) is 7.75. The molecule has 0 aliphatic heterocycles. The summed E-state index contributed by atoms with van der Waals surface area (Å²) in [6, 6.07) is 1.74. The van der Waals surface area contributed by atoms with E-state index in [0.717, 1.165) is 0 Å². The summed E-state index contributed by atoms with van der Waals surface area (Å²) in [5, 5.41) is 20.0. The van der Waals surface area contributed by atoms with Crippen LogP contribution in [-0.2, 0) is 14.4 Å². The third-order valence-corrected chi connectivity index (χ3v) is 5.88. The number of ketones is 1. The molecule has 160 valence electrons. The fourth-order valence-electron chi connectivity index (χ4n) is 2.32. The molecule has 1 aromatic carbocycles. The number of carboxylic acid groups (broad SMARTS) is 2. The van der Waals surface area contributed by atoms with E-state index in [1.165, 1.54) is 30.8 Å². The number of aliphatic carboxylic acids is 2. The summed E-state index contributed by atoms with van der Waals surface area (Å²) in [5.41, 5.74) is 0.170. The molecule has 11 heteroatoms. The molecule has 0 aliphatic rings. The van der Waals surface area contributed by atoms with Crippen LogP contribution in [0.15, 0.2) is 12.1 Å². The number of benzene rings is 1. The molecule has 0 heterocycles. The summed E-state index contributed by atoms with van der Waals surface area (Å²) < 4.78 is 5.02. The Morgan fingerprint density at radius 3 is 2.31 bits per heavy atom. The standard InChI is InChI=1S/C18H21Cl2NO7S/c1-3-10(7-29-8-12(18(26)27)21-9(2)22)17(25)11-4-5-13(16(20)15(11)19)28-6-14(23)24/h4-5,10,12H,3,6-8H2,1-2H3,(H,21,22)(H,23,24)(H,26,27). The van der Waals surface area contributed by atoms with Crippen molar-refractivity contribution in [1.82, 2.24) is 5.32 Å². The van der Waals surface area contributed by atoms with Gasteiger partial charge in [-0.1, -0.05) is 30.1 Å². The van der Waals surface area contributed by atoms with Crippen molar-refractivity contribution in [3.8, 4) is 5.75 Å². The molecule has 0 spiro atoms. The van der Waals surface area contributed by atoms with Gasteiger partial charge in [0.05, 0.1) is 5.02 Å². The molecule has 0 aromatic heterocycles. The highest BCUT2D eigenvalue weighted by Gasteiger charge is 2.25. The van der Waals surface area contributed by atoms with Crippen LogP contribution in [0.2, 0.25) is 10.0 Å². The maximum absolute atomic E-state index is 12.8. The number of hydrogen-bond donors (Lipinski definition) is 3. The number of amides is 1. The van der Waals surface area contributed by atoms with Gasteiger partial charge in [-0.3, -0.25) is 9.59 Å². The van der Waals surface area contributed by atoms with Crippen molar-refractivity contribution < 1.29 is 34.1 Å². The molecule has 1 amide bonds. The number of rotatable bonds is 12. The Morgan fingerprint density at radius 1 is 1.14 bits per heavy atom. The van der Waals surface area contributed by atoms with Crippen LogP contribution in [-0.4, -0.2) is 58.0 Å². The second-order valence-corrected chi connectivity index (χ2v) is 7.85. The number of ether oxygens (including phenoxy) is 1. The quantitative estimate of drug-likeness (QED) is 0.401. The van der Waals surface area contributed by atoms with Crippen LogP contribution < -0.4 is 10.1 Å². The summed E-state index contributed by atoms with van der Waals surface area (Å²) in [5.74, 6) is -3.03. The lowest BCUT2D eigenvalue weighted by molar-refractivity contribution is -0.141. The van der Waals surface area contributed by atoms with Gasteiger partial charge >= 0.3 is 11.9 Å². The van der Waals surface area contributed by atoms with Crippen LogP contribution in [0.5, 0.6) is 5.75 Å². The van der Waals surface area contributed by atoms with Gasteiger partial charge < -0.3 is 20.3 Å². The lowest BCUT2D eigenvalue weighted by Crippen LogP contribution is -2.41. The van der Waals surface area contributed by atoms with Gasteiger partial charge in [0.25, 0.3) is 0 Å². The van der Waals surface area contributed by atoms with E-state index >= 15 is 0 Å². The summed E-state index contributed by atoms with van der Waals surface area (Å²) in [6.07, 6.45) is 0.481. The highest BCUT2D eigenvalue weighted by molar-refractivity contribution is 7.99. The first-order valence-corrected chi connectivity index (χ1v) is 10.4. The average molecular weight is 466 g/mol. The van der Waals surface area contributed by atoms with Crippen LogP contribution in [0.4, 0.5) is 0 Å². The summed E-state index contributed by atoms with van der Waals surface area (Å²) in [6.45, 7) is 2.44. The van der Waals surface area contributed by atoms with Crippen molar-refractivity contribution in [2.24, 2.45) is 5.92 Å². The zero-order chi connectivity index (χ0) is 22.1. The maximum Gasteiger partial charge on any atom is 0.341 e. The third-order valence-electron chi connectivity index (χ3n) is 3.81. The minimum Gasteiger partial charge on any atom is -0.480 e. The van der Waals surface area contributed by atoms with Crippen molar-refractivity contribution in [3.05, 3.63) is 27.7 Å². The molecular formula is C18H21Cl2NO7S. The number of thioether (sulfide) groups is 1. The zero-order valence-corrected chi connectivity index (χ0v) is 18.1. The predicted octanol–water partition coefficient (Wildman–Crippen LogP) is 2.99. The molecule has 0 saturated carbocycles. The molecule has 0 saturated heterocycles. The molecule has 0 fully saturated rings. The number of halogens is 2. The second kappa shape index (κ2) is 11.9. The highest BCUT2D eigenvalue weighted by atomic mass is 35.5. The first-order chi connectivity index (χ1) is 13.6. The second-order valence-electron chi connectivity index (χ2n) is 6.02. The largest absolute Gasteiger partial charge is 0.480 e. The molecule has 2 atom stereocenters. The molecule has 0 bridgehead atoms. The first-order valence-electron chi connectivity index (χ1n) is 8.52. The molecule has 1 aromatic rings. The molecule has 8 nitrogen and oxygen atoms in total. The van der Waals surface area contributed by atoms with Gasteiger partial charge in [-0.05, 0) is 18.6 Å². The Labute approximate surface area is 181 Å². The van der Waals surface area contributed by atoms with Gasteiger partial charge in [0.15, 0.2) is 12.4 Å². The SMILES string of the molecule is CCC(CSCC(NC(C)=O)C(=O)O)C(=O)c1ccc(OCC(=O)O)c(Cl)c1Cl. The molecule has 29 heavy (non-hydrogen) atoms. The fraction of sp³-hybridized carbons (Fsp3) is 0.444. The molecule has 0 radical (unpaired) electrons. The Morgan fingerprint density at radius 2 is 1.79 bits per heavy atom. The van der Waals surface area contributed by atoms with Gasteiger partial charge in [0.2, 0.25) is 5.91 Å². The molecular weight excluding hydrogens is 445 g/mol. The van der Waals surface area contributed by atoms with Crippen molar-refractivity contribution in [2.45, 2.75) is 26.3 Å². The summed E-state index contributed by atoms with van der Waals surface area (Å²) in [7, 11) is 0. The fourth-order valence-corrected chi connectivity index (χ4v) is 4.06. The lowest BCUT2D eigenvalue weighted by Gasteiger charge is -2.18. The van der Waals surface area contributed by atoms with Gasteiger partial charge in [0.1, 0.15) is 16.8 Å². The minimum absolute atomic E-state index is 0.0373. The van der Waals surface area contributed by atoms with Crippen LogP contribution >= 0.6 is 35.0 Å². The number of nitrogens with one attached hydrogen (secondary N) is 1. The molecule has 3 N–H and O–H groups in total. The smallest absolute Gasteiger partial charge is 0.341 e. The number of carbonyl (C=O) groups is 4. The average Bonchev–Trinajstić information content (AvgIpc) is 2.64. The van der Waals surface area contributed by atoms with E-state index < -0.39 is 36.4 Å². The number of carbonyl (C=O) groups excluding carboxylic acids is 2. The van der Waals surface area contributed by atoms with E-state index in [9.17, 15) is 19.2 Å². The zero-order valence-electron chi connectivity index (χ0n) is 15.7.